The van der Waals surface area contributed by atoms with E-state index >= 15 is 0 Å². The van der Waals surface area contributed by atoms with Crippen LogP contribution in [0.25, 0.3) is 10.8 Å². The molecule has 0 N–H and O–H groups in total. The maximum atomic E-state index is 13.5. The van der Waals surface area contributed by atoms with E-state index in [0.29, 0.717) is 5.69 Å². The number of hydrogen-bond acceptors (Lipinski definition) is 4. The van der Waals surface area contributed by atoms with Gasteiger partial charge in [-0.15, -0.1) is 11.8 Å². The standard InChI is InChI=1S/C24H24F2N2OS/c25-19-12-18(13-20(26)15-19)23(29)16-22-21-7-3-2-6-17(21)14-24(27-22)30-11-10-28-8-4-1-5-9-28/h2-3,6-7,12-15H,1,4-5,8-11,16H2. The Bertz CT molecular complexity index is 1030. The second-order valence-corrected chi connectivity index (χ2v) is 8.75. The van der Waals surface area contributed by atoms with Crippen molar-refractivity contribution in [1.82, 2.24) is 9.88 Å². The van der Waals surface area contributed by atoms with Crippen molar-refractivity contribution in [3.05, 3.63) is 71.4 Å². The number of fused-ring (bicyclic) bond motifs is 1. The van der Waals surface area contributed by atoms with E-state index in [4.69, 9.17) is 4.98 Å². The molecule has 156 valence electrons. The van der Waals surface area contributed by atoms with Gasteiger partial charge in [-0.25, -0.2) is 13.8 Å². The first-order chi connectivity index (χ1) is 14.6. The van der Waals surface area contributed by atoms with Crippen molar-refractivity contribution in [3.8, 4) is 0 Å². The molecule has 1 fully saturated rings. The SMILES string of the molecule is O=C(Cc1nc(SCCN2CCCCC2)cc2ccccc12)c1cc(F)cc(F)c1. The third-order valence-electron chi connectivity index (χ3n) is 5.41. The van der Waals surface area contributed by atoms with Crippen LogP contribution in [0, 0.1) is 11.6 Å². The summed E-state index contributed by atoms with van der Waals surface area (Å²) >= 11 is 1.69. The minimum Gasteiger partial charge on any atom is -0.303 e. The third kappa shape index (κ3) is 5.24. The molecule has 0 aliphatic carbocycles. The Morgan fingerprint density at radius 1 is 1.00 bits per heavy atom. The predicted octanol–water partition coefficient (Wildman–Crippen LogP) is 5.52. The first kappa shape index (κ1) is 20.9. The second kappa shape index (κ2) is 9.67. The maximum absolute atomic E-state index is 13.5. The highest BCUT2D eigenvalue weighted by atomic mass is 32.2. The van der Waals surface area contributed by atoms with Crippen LogP contribution in [0.3, 0.4) is 0 Å². The number of nitrogens with zero attached hydrogens (tertiary/aromatic N) is 2. The zero-order chi connectivity index (χ0) is 20.9. The molecule has 0 radical (unpaired) electrons. The summed E-state index contributed by atoms with van der Waals surface area (Å²) in [5, 5.41) is 2.78. The number of Topliss-reactive ketones (excluding diaryl/α,β-unsaturated/α-hetero) is 1. The highest BCUT2D eigenvalue weighted by Crippen LogP contribution is 2.26. The summed E-state index contributed by atoms with van der Waals surface area (Å²) in [6.07, 6.45) is 3.87. The minimum atomic E-state index is -0.752. The lowest BCUT2D eigenvalue weighted by molar-refractivity contribution is 0.0991. The number of pyridine rings is 1. The molecule has 0 spiro atoms. The van der Waals surface area contributed by atoms with Crippen LogP contribution >= 0.6 is 11.8 Å². The maximum Gasteiger partial charge on any atom is 0.169 e. The molecule has 0 atom stereocenters. The Hall–Kier alpha value is -2.31. The van der Waals surface area contributed by atoms with Crippen molar-refractivity contribution in [2.45, 2.75) is 30.7 Å². The van der Waals surface area contributed by atoms with Crippen molar-refractivity contribution in [2.75, 3.05) is 25.4 Å². The van der Waals surface area contributed by atoms with Crippen LogP contribution in [-0.4, -0.2) is 41.1 Å². The monoisotopic (exact) mass is 426 g/mol. The van der Waals surface area contributed by atoms with Gasteiger partial charge in [-0.05, 0) is 49.5 Å². The lowest BCUT2D eigenvalue weighted by Crippen LogP contribution is -2.31. The number of hydrogen-bond donors (Lipinski definition) is 0. The van der Waals surface area contributed by atoms with Crippen LogP contribution in [0.1, 0.15) is 35.3 Å². The molecule has 1 aliphatic rings. The molecule has 0 amide bonds. The zero-order valence-corrected chi connectivity index (χ0v) is 17.6. The zero-order valence-electron chi connectivity index (χ0n) is 16.7. The van der Waals surface area contributed by atoms with Gasteiger partial charge in [0.05, 0.1) is 17.1 Å². The molecule has 2 aromatic carbocycles. The van der Waals surface area contributed by atoms with Crippen molar-refractivity contribution in [3.63, 3.8) is 0 Å². The van der Waals surface area contributed by atoms with Gasteiger partial charge in [0.1, 0.15) is 11.6 Å². The quantitative estimate of drug-likeness (QED) is 0.368. The summed E-state index contributed by atoms with van der Waals surface area (Å²) in [6, 6.07) is 12.8. The molecule has 0 saturated carbocycles. The molecule has 4 rings (SSSR count). The number of carbonyl (C=O) groups excluding carboxylic acids is 1. The largest absolute Gasteiger partial charge is 0.303 e. The van der Waals surface area contributed by atoms with E-state index in [1.165, 1.54) is 19.3 Å². The smallest absolute Gasteiger partial charge is 0.169 e. The fourth-order valence-corrected chi connectivity index (χ4v) is 4.83. The summed E-state index contributed by atoms with van der Waals surface area (Å²) in [5.74, 6) is -0.911. The van der Waals surface area contributed by atoms with E-state index in [9.17, 15) is 13.6 Å². The van der Waals surface area contributed by atoms with Gasteiger partial charge in [0.2, 0.25) is 0 Å². The number of aromatic nitrogens is 1. The third-order valence-corrected chi connectivity index (χ3v) is 6.31. The molecule has 0 unspecified atom stereocenters. The molecule has 1 aliphatic heterocycles. The Kier molecular flexibility index (Phi) is 6.75. The Balaban J connectivity index is 1.53. The molecule has 3 nitrogen and oxygen atoms in total. The van der Waals surface area contributed by atoms with E-state index in [1.807, 2.05) is 30.3 Å². The van der Waals surface area contributed by atoms with Crippen LogP contribution in [0.5, 0.6) is 0 Å². The van der Waals surface area contributed by atoms with Gasteiger partial charge in [-0.1, -0.05) is 30.7 Å². The Morgan fingerprint density at radius 3 is 2.50 bits per heavy atom. The van der Waals surface area contributed by atoms with Gasteiger partial charge in [0.15, 0.2) is 5.78 Å². The summed E-state index contributed by atoms with van der Waals surface area (Å²) < 4.78 is 27.0. The highest BCUT2D eigenvalue weighted by molar-refractivity contribution is 7.99. The van der Waals surface area contributed by atoms with Crippen LogP contribution in [0.2, 0.25) is 0 Å². The number of thioether (sulfide) groups is 1. The van der Waals surface area contributed by atoms with Gasteiger partial charge < -0.3 is 4.90 Å². The van der Waals surface area contributed by atoms with Crippen LogP contribution in [0.15, 0.2) is 53.6 Å². The van der Waals surface area contributed by atoms with Gasteiger partial charge >= 0.3 is 0 Å². The van der Waals surface area contributed by atoms with Crippen molar-refractivity contribution < 1.29 is 13.6 Å². The average Bonchev–Trinajstić information content (AvgIpc) is 2.74. The van der Waals surface area contributed by atoms with E-state index in [1.54, 1.807) is 11.8 Å². The lowest BCUT2D eigenvalue weighted by atomic mass is 10.0. The fourth-order valence-electron chi connectivity index (χ4n) is 3.88. The van der Waals surface area contributed by atoms with Gasteiger partial charge in [0, 0.05) is 29.3 Å². The van der Waals surface area contributed by atoms with E-state index < -0.39 is 11.6 Å². The molecule has 2 heterocycles. The first-order valence-electron chi connectivity index (χ1n) is 10.3. The lowest BCUT2D eigenvalue weighted by Gasteiger charge is -2.26. The molecule has 3 aromatic rings. The van der Waals surface area contributed by atoms with Crippen molar-refractivity contribution in [2.24, 2.45) is 0 Å². The molecule has 6 heteroatoms. The number of rotatable bonds is 7. The molecular formula is C24H24F2N2OS. The normalized spacial score (nSPS) is 14.9. The van der Waals surface area contributed by atoms with Crippen LogP contribution in [0.4, 0.5) is 8.78 Å². The fraction of sp³-hybridized carbons (Fsp3) is 0.333. The topological polar surface area (TPSA) is 33.2 Å². The van der Waals surface area contributed by atoms with Crippen molar-refractivity contribution >= 4 is 28.3 Å². The molecule has 30 heavy (non-hydrogen) atoms. The van der Waals surface area contributed by atoms with Crippen LogP contribution in [-0.2, 0) is 6.42 Å². The number of benzene rings is 2. The molecule has 1 saturated heterocycles. The van der Waals surface area contributed by atoms with E-state index in [2.05, 4.69) is 4.90 Å². The predicted molar refractivity (Wildman–Crippen MR) is 117 cm³/mol. The second-order valence-electron chi connectivity index (χ2n) is 7.64. The highest BCUT2D eigenvalue weighted by Gasteiger charge is 2.15. The van der Waals surface area contributed by atoms with Crippen LogP contribution < -0.4 is 0 Å². The van der Waals surface area contributed by atoms with Gasteiger partial charge in [-0.2, -0.15) is 0 Å². The van der Waals surface area contributed by atoms with Gasteiger partial charge in [-0.3, -0.25) is 4.79 Å². The Labute approximate surface area is 179 Å². The number of halogens is 2. The average molecular weight is 427 g/mol. The number of likely N-dealkylation sites (tertiary alicyclic amines) is 1. The van der Waals surface area contributed by atoms with Gasteiger partial charge in [0.25, 0.3) is 0 Å². The molecule has 1 aromatic heterocycles. The number of carbonyl (C=O) groups is 1. The van der Waals surface area contributed by atoms with Crippen molar-refractivity contribution in [1.29, 1.82) is 0 Å². The minimum absolute atomic E-state index is 0.00390. The summed E-state index contributed by atoms with van der Waals surface area (Å²) in [4.78, 5) is 19.9. The summed E-state index contributed by atoms with van der Waals surface area (Å²) in [7, 11) is 0. The first-order valence-corrected chi connectivity index (χ1v) is 11.3. The van der Waals surface area contributed by atoms with E-state index in [0.717, 1.165) is 59.4 Å². The summed E-state index contributed by atoms with van der Waals surface area (Å²) in [6.45, 7) is 3.35. The summed E-state index contributed by atoms with van der Waals surface area (Å²) in [5.41, 5.74) is 0.671. The number of piperidine rings is 1. The molecular weight excluding hydrogens is 402 g/mol. The molecule has 0 bridgehead atoms. The Morgan fingerprint density at radius 2 is 1.73 bits per heavy atom. The number of ketones is 1. The van der Waals surface area contributed by atoms with E-state index in [-0.39, 0.29) is 17.8 Å².